The number of benzene rings is 1. The fraction of sp³-hybridized carbons (Fsp3) is 0.529. The number of nitrogens with one attached hydrogen (secondary N) is 2. The first-order chi connectivity index (χ1) is 12.0. The van der Waals surface area contributed by atoms with Crippen molar-refractivity contribution in [3.8, 4) is 11.5 Å². The predicted octanol–water partition coefficient (Wildman–Crippen LogP) is 3.82. The van der Waals surface area contributed by atoms with Gasteiger partial charge in [-0.2, -0.15) is 13.9 Å². The second-order valence-corrected chi connectivity index (χ2v) is 6.27. The van der Waals surface area contributed by atoms with Crippen molar-refractivity contribution in [1.82, 2.24) is 10.7 Å². The van der Waals surface area contributed by atoms with Crippen LogP contribution < -0.4 is 20.2 Å². The Morgan fingerprint density at radius 3 is 2.60 bits per heavy atom. The van der Waals surface area contributed by atoms with E-state index in [9.17, 15) is 8.78 Å². The summed E-state index contributed by atoms with van der Waals surface area (Å²) in [4.78, 5) is 0. The highest BCUT2D eigenvalue weighted by atomic mass is 32.1. The minimum atomic E-state index is -2.90. The molecule has 2 rings (SSSR count). The molecule has 1 aromatic rings. The quantitative estimate of drug-likeness (QED) is 0.452. The lowest BCUT2D eigenvalue weighted by Crippen LogP contribution is -2.41. The first-order valence-corrected chi connectivity index (χ1v) is 8.64. The molecule has 2 N–H and O–H groups in total. The molecular formula is C17H23F2N3O2S. The van der Waals surface area contributed by atoms with Crippen molar-refractivity contribution in [3.05, 3.63) is 23.8 Å². The molecule has 138 valence electrons. The van der Waals surface area contributed by atoms with Crippen LogP contribution in [-0.4, -0.2) is 30.6 Å². The van der Waals surface area contributed by atoms with E-state index in [0.717, 1.165) is 12.8 Å². The van der Waals surface area contributed by atoms with Crippen molar-refractivity contribution >= 4 is 23.0 Å². The smallest absolute Gasteiger partial charge is 0.387 e. The molecule has 0 heterocycles. The van der Waals surface area contributed by atoms with E-state index in [2.05, 4.69) is 20.6 Å². The molecule has 0 spiro atoms. The molecule has 1 fully saturated rings. The number of methoxy groups -OCH3 is 1. The highest BCUT2D eigenvalue weighted by Gasteiger charge is 2.14. The molecule has 1 aliphatic carbocycles. The summed E-state index contributed by atoms with van der Waals surface area (Å²) in [5.74, 6) is 0.201. The fourth-order valence-electron chi connectivity index (χ4n) is 2.75. The zero-order chi connectivity index (χ0) is 18.2. The molecule has 0 aromatic heterocycles. The molecule has 0 amide bonds. The largest absolute Gasteiger partial charge is 0.493 e. The number of nitrogens with zero attached hydrogens (tertiary/aromatic N) is 1. The third-order valence-corrected chi connectivity index (χ3v) is 4.27. The maximum Gasteiger partial charge on any atom is 0.387 e. The van der Waals surface area contributed by atoms with E-state index >= 15 is 0 Å². The molecule has 1 saturated carbocycles. The van der Waals surface area contributed by atoms with Crippen LogP contribution >= 0.6 is 12.2 Å². The molecule has 0 radical (unpaired) electrons. The van der Waals surface area contributed by atoms with Crippen LogP contribution in [0, 0.1) is 0 Å². The molecule has 1 aromatic carbocycles. The van der Waals surface area contributed by atoms with Crippen LogP contribution in [0.2, 0.25) is 0 Å². The standard InChI is InChI=1S/C17H23F2N3O2S/c1-11(21-22-17(25)20-13-6-4-3-5-7-13)12-8-9-14(24-16(18)19)15(10-12)23-2/h8-10,13,16H,3-7H2,1-2H3,(H2,20,22,25)/b21-11-. The Bertz CT molecular complexity index is 620. The minimum Gasteiger partial charge on any atom is -0.493 e. The van der Waals surface area contributed by atoms with Crippen LogP contribution in [0.5, 0.6) is 11.5 Å². The van der Waals surface area contributed by atoms with Gasteiger partial charge in [0.15, 0.2) is 16.6 Å². The first kappa shape index (κ1) is 19.4. The second-order valence-electron chi connectivity index (χ2n) is 5.86. The van der Waals surface area contributed by atoms with Gasteiger partial charge in [-0.15, -0.1) is 0 Å². The normalized spacial score (nSPS) is 15.8. The fourth-order valence-corrected chi connectivity index (χ4v) is 2.96. The summed E-state index contributed by atoms with van der Waals surface area (Å²) in [6.45, 7) is -1.11. The third kappa shape index (κ3) is 6.12. The van der Waals surface area contributed by atoms with Crippen LogP contribution in [0.15, 0.2) is 23.3 Å². The predicted molar refractivity (Wildman–Crippen MR) is 97.6 cm³/mol. The van der Waals surface area contributed by atoms with Crippen molar-refractivity contribution in [2.75, 3.05) is 7.11 Å². The lowest BCUT2D eigenvalue weighted by Gasteiger charge is -2.23. The second kappa shape index (κ2) is 9.50. The molecule has 1 aliphatic rings. The van der Waals surface area contributed by atoms with E-state index in [1.807, 2.05) is 0 Å². The van der Waals surface area contributed by atoms with Gasteiger partial charge in [-0.05, 0) is 50.2 Å². The van der Waals surface area contributed by atoms with Crippen molar-refractivity contribution in [2.45, 2.75) is 51.7 Å². The molecule has 0 unspecified atom stereocenters. The van der Waals surface area contributed by atoms with Gasteiger partial charge >= 0.3 is 6.61 Å². The summed E-state index contributed by atoms with van der Waals surface area (Å²) >= 11 is 5.26. The Balaban J connectivity index is 1.97. The van der Waals surface area contributed by atoms with Crippen molar-refractivity contribution in [2.24, 2.45) is 5.10 Å². The lowest BCUT2D eigenvalue weighted by molar-refractivity contribution is -0.0512. The van der Waals surface area contributed by atoms with Crippen molar-refractivity contribution in [3.63, 3.8) is 0 Å². The number of ether oxygens (including phenoxy) is 2. The van der Waals surface area contributed by atoms with E-state index in [4.69, 9.17) is 17.0 Å². The average molecular weight is 371 g/mol. The molecule has 5 nitrogen and oxygen atoms in total. The third-order valence-electron chi connectivity index (χ3n) is 4.06. The zero-order valence-corrected chi connectivity index (χ0v) is 15.2. The monoisotopic (exact) mass is 371 g/mol. The van der Waals surface area contributed by atoms with E-state index in [0.29, 0.717) is 22.4 Å². The number of thiocarbonyl (C=S) groups is 1. The van der Waals surface area contributed by atoms with Gasteiger partial charge in [0.05, 0.1) is 12.8 Å². The SMILES string of the molecule is COc1cc(/C(C)=N\NC(=S)NC2CCCCC2)ccc1OC(F)F. The van der Waals surface area contributed by atoms with E-state index in [1.165, 1.54) is 32.4 Å². The topological polar surface area (TPSA) is 54.9 Å². The van der Waals surface area contributed by atoms with Crippen LogP contribution in [-0.2, 0) is 0 Å². The molecule has 0 bridgehead atoms. The summed E-state index contributed by atoms with van der Waals surface area (Å²) in [5.41, 5.74) is 4.19. The van der Waals surface area contributed by atoms with E-state index < -0.39 is 6.61 Å². The molecule has 0 saturated heterocycles. The van der Waals surface area contributed by atoms with Gasteiger partial charge in [0.2, 0.25) is 0 Å². The first-order valence-electron chi connectivity index (χ1n) is 8.23. The Morgan fingerprint density at radius 1 is 1.24 bits per heavy atom. The molecule has 0 aliphatic heterocycles. The van der Waals surface area contributed by atoms with Gasteiger partial charge in [0.1, 0.15) is 0 Å². The summed E-state index contributed by atoms with van der Waals surface area (Å²) in [7, 11) is 1.39. The molecule has 0 atom stereocenters. The molecule has 25 heavy (non-hydrogen) atoms. The van der Waals surface area contributed by atoms with Crippen LogP contribution in [0.1, 0.15) is 44.6 Å². The zero-order valence-electron chi connectivity index (χ0n) is 14.4. The lowest BCUT2D eigenvalue weighted by atomic mass is 9.96. The highest BCUT2D eigenvalue weighted by Crippen LogP contribution is 2.29. The van der Waals surface area contributed by atoms with E-state index in [-0.39, 0.29) is 11.5 Å². The molecular weight excluding hydrogens is 348 g/mol. The number of hydrogen-bond donors (Lipinski definition) is 2. The van der Waals surface area contributed by atoms with Gasteiger partial charge in [-0.1, -0.05) is 19.3 Å². The van der Waals surface area contributed by atoms with Crippen LogP contribution in [0.25, 0.3) is 0 Å². The summed E-state index contributed by atoms with van der Waals surface area (Å²) in [6.07, 6.45) is 5.95. The Kier molecular flexibility index (Phi) is 7.36. The molecule has 8 heteroatoms. The number of hydrogen-bond acceptors (Lipinski definition) is 4. The number of alkyl halides is 2. The summed E-state index contributed by atoms with van der Waals surface area (Å²) in [6, 6.07) is 5.06. The Labute approximate surface area is 151 Å². The average Bonchev–Trinajstić information content (AvgIpc) is 2.60. The van der Waals surface area contributed by atoms with Gasteiger partial charge in [0, 0.05) is 11.6 Å². The number of rotatable bonds is 6. The van der Waals surface area contributed by atoms with Gasteiger partial charge < -0.3 is 14.8 Å². The van der Waals surface area contributed by atoms with Gasteiger partial charge in [-0.3, -0.25) is 5.43 Å². The van der Waals surface area contributed by atoms with E-state index in [1.54, 1.807) is 19.1 Å². The van der Waals surface area contributed by atoms with Gasteiger partial charge in [-0.25, -0.2) is 0 Å². The Morgan fingerprint density at radius 2 is 1.96 bits per heavy atom. The highest BCUT2D eigenvalue weighted by molar-refractivity contribution is 7.80. The number of halogens is 2. The maximum atomic E-state index is 12.4. The van der Waals surface area contributed by atoms with Gasteiger partial charge in [0.25, 0.3) is 0 Å². The minimum absolute atomic E-state index is 0.0171. The van der Waals surface area contributed by atoms with Crippen molar-refractivity contribution in [1.29, 1.82) is 0 Å². The summed E-state index contributed by atoms with van der Waals surface area (Å²) < 4.78 is 34.2. The Hall–Kier alpha value is -1.96. The maximum absolute atomic E-state index is 12.4. The summed E-state index contributed by atoms with van der Waals surface area (Å²) in [5, 5.41) is 7.99. The van der Waals surface area contributed by atoms with Crippen LogP contribution in [0.4, 0.5) is 8.78 Å². The van der Waals surface area contributed by atoms with Crippen LogP contribution in [0.3, 0.4) is 0 Å². The van der Waals surface area contributed by atoms with Crippen molar-refractivity contribution < 1.29 is 18.3 Å². The number of hydrazone groups is 1.